The molecule has 32 heavy (non-hydrogen) atoms. The molecule has 2 saturated heterocycles. The highest BCUT2D eigenvalue weighted by atomic mass is 31.2. The number of hydrogen-bond donors (Lipinski definition) is 0. The molecule has 3 aliphatic heterocycles. The number of phosphoric acid groups is 1. The summed E-state index contributed by atoms with van der Waals surface area (Å²) in [6, 6.07) is 0. The Morgan fingerprint density at radius 2 is 2.16 bits per heavy atom. The summed E-state index contributed by atoms with van der Waals surface area (Å²) in [5, 5.41) is 0. The van der Waals surface area contributed by atoms with Crippen LogP contribution in [0, 0.1) is 17.8 Å². The van der Waals surface area contributed by atoms with Crippen molar-refractivity contribution >= 4 is 25.5 Å². The number of carbonyl (C=O) groups excluding carboxylic acids is 3. The fourth-order valence-electron chi connectivity index (χ4n) is 3.74. The predicted molar refractivity (Wildman–Crippen MR) is 111 cm³/mol. The number of rotatable bonds is 8. The summed E-state index contributed by atoms with van der Waals surface area (Å²) in [6.45, 7) is 5.17. The molecular weight excluding hydrogens is 441 g/mol. The Morgan fingerprint density at radius 3 is 2.81 bits per heavy atom. The van der Waals surface area contributed by atoms with Crippen LogP contribution in [0.25, 0.3) is 0 Å². The van der Waals surface area contributed by atoms with Gasteiger partial charge in [-0.05, 0) is 39.7 Å². The second-order valence-corrected chi connectivity index (χ2v) is 9.93. The number of hydrogen-bond acceptors (Lipinski definition) is 9. The van der Waals surface area contributed by atoms with E-state index in [0.717, 1.165) is 0 Å². The summed E-state index contributed by atoms with van der Waals surface area (Å²) >= 11 is 0. The number of amides is 1. The van der Waals surface area contributed by atoms with E-state index in [1.165, 1.54) is 17.2 Å². The lowest BCUT2D eigenvalue weighted by molar-refractivity contribution is -0.148. The first-order chi connectivity index (χ1) is 15.1. The monoisotopic (exact) mass is 469 g/mol. The Hall–Kier alpha value is -2.02. The Labute approximate surface area is 187 Å². The Kier molecular flexibility index (Phi) is 7.58. The Morgan fingerprint density at radius 1 is 1.41 bits per heavy atom. The molecular formula is C21H28NO9P. The zero-order valence-corrected chi connectivity index (χ0v) is 19.2. The number of terminal acetylenes is 1. The number of nitrogens with zero attached hydrogens (tertiary/aromatic N) is 1. The van der Waals surface area contributed by atoms with Crippen molar-refractivity contribution in [2.45, 2.75) is 71.0 Å². The minimum atomic E-state index is -3.92. The first kappa shape index (κ1) is 24.6. The van der Waals surface area contributed by atoms with Crippen LogP contribution in [0.3, 0.4) is 0 Å². The summed E-state index contributed by atoms with van der Waals surface area (Å²) in [6.07, 6.45) is 6.68. The lowest BCUT2D eigenvalue weighted by Crippen LogP contribution is -2.49. The fourth-order valence-corrected chi connectivity index (χ4v) is 5.25. The average molecular weight is 469 g/mol. The van der Waals surface area contributed by atoms with Gasteiger partial charge >= 0.3 is 13.8 Å². The Balaban J connectivity index is 1.59. The fraction of sp³-hybridized carbons (Fsp3) is 0.667. The highest BCUT2D eigenvalue weighted by Crippen LogP contribution is 2.59. The lowest BCUT2D eigenvalue weighted by Gasteiger charge is -2.37. The number of allylic oxidation sites excluding steroid dienone is 1. The van der Waals surface area contributed by atoms with Gasteiger partial charge in [0, 0.05) is 12.6 Å². The smallest absolute Gasteiger partial charge is 0.463 e. The predicted octanol–water partition coefficient (Wildman–Crippen LogP) is 2.33. The minimum Gasteiger partial charge on any atom is -0.463 e. The second-order valence-electron chi connectivity index (χ2n) is 8.31. The van der Waals surface area contributed by atoms with Gasteiger partial charge in [-0.1, -0.05) is 5.92 Å². The standard InChI is InChI=1S/C21H28NO9P/c1-5-21(4)19-16(30-20(21)22-10-9-15(23)12-17(22)24)13-28-32(26,31-19)27-11-7-6-8-18(25)29-14(2)3/h1,9-10,14,16,19-20H,6-8,11-13H2,2-4H3/t16-,19-,20-,21-,32-/m1/s1. The van der Waals surface area contributed by atoms with E-state index in [1.54, 1.807) is 20.8 Å². The van der Waals surface area contributed by atoms with Gasteiger partial charge < -0.3 is 9.47 Å². The van der Waals surface area contributed by atoms with Crippen molar-refractivity contribution < 1.29 is 42.0 Å². The first-order valence-corrected chi connectivity index (χ1v) is 12.0. The van der Waals surface area contributed by atoms with Gasteiger partial charge in [-0.2, -0.15) is 0 Å². The number of ether oxygens (including phenoxy) is 2. The van der Waals surface area contributed by atoms with Crippen molar-refractivity contribution in [2.24, 2.45) is 5.41 Å². The average Bonchev–Trinajstić information content (AvgIpc) is 2.99. The molecule has 0 saturated carbocycles. The van der Waals surface area contributed by atoms with Crippen molar-refractivity contribution in [1.82, 2.24) is 4.90 Å². The normalized spacial score (nSPS) is 34.5. The summed E-state index contributed by atoms with van der Waals surface area (Å²) in [7, 11) is -3.92. The third-order valence-corrected chi connectivity index (χ3v) is 6.82. The van der Waals surface area contributed by atoms with Crippen molar-refractivity contribution in [3.05, 3.63) is 12.3 Å². The van der Waals surface area contributed by atoms with Crippen LogP contribution in [0.5, 0.6) is 0 Å². The topological polar surface area (TPSA) is 118 Å². The van der Waals surface area contributed by atoms with E-state index in [2.05, 4.69) is 5.92 Å². The molecule has 3 aliphatic rings. The first-order valence-electron chi connectivity index (χ1n) is 10.5. The van der Waals surface area contributed by atoms with E-state index < -0.39 is 37.6 Å². The molecule has 3 rings (SSSR count). The van der Waals surface area contributed by atoms with E-state index in [0.29, 0.717) is 12.8 Å². The van der Waals surface area contributed by atoms with Gasteiger partial charge in [-0.25, -0.2) is 4.57 Å². The molecule has 5 atom stereocenters. The molecule has 0 aromatic rings. The SMILES string of the molecule is C#C[C@]1(C)[C@@H]2O[P@](=O)(OCCCCC(=O)OC(C)C)OC[C@H]2O[C@H]1N1C=CC(=O)CC1=O. The van der Waals surface area contributed by atoms with Crippen molar-refractivity contribution in [3.8, 4) is 12.3 Å². The molecule has 0 spiro atoms. The summed E-state index contributed by atoms with van der Waals surface area (Å²) < 4.78 is 40.4. The van der Waals surface area contributed by atoms with Crippen molar-refractivity contribution in [1.29, 1.82) is 0 Å². The quantitative estimate of drug-likeness (QED) is 0.174. The summed E-state index contributed by atoms with van der Waals surface area (Å²) in [4.78, 5) is 36.7. The third-order valence-electron chi connectivity index (χ3n) is 5.37. The number of phosphoric ester groups is 1. The second kappa shape index (κ2) is 9.86. The van der Waals surface area contributed by atoms with Crippen LogP contribution in [0.15, 0.2) is 12.3 Å². The Bertz CT molecular complexity index is 879. The van der Waals surface area contributed by atoms with Crippen LogP contribution in [-0.2, 0) is 42.0 Å². The maximum absolute atomic E-state index is 13.0. The van der Waals surface area contributed by atoms with E-state index >= 15 is 0 Å². The zero-order valence-electron chi connectivity index (χ0n) is 18.4. The van der Waals surface area contributed by atoms with Crippen LogP contribution in [0.2, 0.25) is 0 Å². The van der Waals surface area contributed by atoms with Crippen LogP contribution in [0.1, 0.15) is 46.5 Å². The molecule has 0 N–H and O–H groups in total. The molecule has 176 valence electrons. The van der Waals surface area contributed by atoms with Gasteiger partial charge in [0.15, 0.2) is 12.0 Å². The molecule has 10 nitrogen and oxygen atoms in total. The van der Waals surface area contributed by atoms with Crippen molar-refractivity contribution in [2.75, 3.05) is 13.2 Å². The van der Waals surface area contributed by atoms with Crippen molar-refractivity contribution in [3.63, 3.8) is 0 Å². The zero-order chi connectivity index (χ0) is 23.5. The maximum Gasteiger partial charge on any atom is 0.475 e. The van der Waals surface area contributed by atoms with E-state index in [1.807, 2.05) is 0 Å². The van der Waals surface area contributed by atoms with Gasteiger partial charge in [0.05, 0.1) is 25.7 Å². The number of unbranched alkanes of at least 4 members (excludes halogenated alkanes) is 1. The number of fused-ring (bicyclic) bond motifs is 1. The number of ketones is 1. The highest BCUT2D eigenvalue weighted by Gasteiger charge is 2.61. The van der Waals surface area contributed by atoms with Gasteiger partial charge in [0.25, 0.3) is 0 Å². The van der Waals surface area contributed by atoms with Gasteiger partial charge in [-0.3, -0.25) is 32.9 Å². The molecule has 11 heteroatoms. The maximum atomic E-state index is 13.0. The van der Waals surface area contributed by atoms with Gasteiger partial charge in [0.1, 0.15) is 17.6 Å². The lowest BCUT2D eigenvalue weighted by atomic mass is 9.82. The largest absolute Gasteiger partial charge is 0.475 e. The van der Waals surface area contributed by atoms with Crippen LogP contribution in [0.4, 0.5) is 0 Å². The van der Waals surface area contributed by atoms with E-state index in [-0.39, 0.29) is 43.9 Å². The molecule has 0 aliphatic carbocycles. The summed E-state index contributed by atoms with van der Waals surface area (Å²) in [5.74, 6) is 1.56. The molecule has 1 amide bonds. The molecule has 0 aromatic carbocycles. The molecule has 0 unspecified atom stereocenters. The molecule has 0 radical (unpaired) electrons. The van der Waals surface area contributed by atoms with Crippen LogP contribution >= 0.6 is 7.82 Å². The van der Waals surface area contributed by atoms with Gasteiger partial charge in [0.2, 0.25) is 5.91 Å². The van der Waals surface area contributed by atoms with Gasteiger partial charge in [-0.15, -0.1) is 6.42 Å². The van der Waals surface area contributed by atoms with E-state index in [4.69, 9.17) is 29.5 Å². The summed E-state index contributed by atoms with van der Waals surface area (Å²) in [5.41, 5.74) is -1.16. The number of esters is 1. The third kappa shape index (κ3) is 5.30. The van der Waals surface area contributed by atoms with E-state index in [9.17, 15) is 18.9 Å². The van der Waals surface area contributed by atoms with Crippen LogP contribution in [-0.4, -0.2) is 60.3 Å². The molecule has 0 bridgehead atoms. The molecule has 3 heterocycles. The molecule has 2 fully saturated rings. The number of carbonyl (C=O) groups is 3. The minimum absolute atomic E-state index is 0.0517. The van der Waals surface area contributed by atoms with Crippen LogP contribution < -0.4 is 0 Å². The highest BCUT2D eigenvalue weighted by molar-refractivity contribution is 7.48. The molecule has 0 aromatic heterocycles.